The van der Waals surface area contributed by atoms with E-state index in [2.05, 4.69) is 32.5 Å². The second-order valence-electron chi connectivity index (χ2n) is 10.9. The van der Waals surface area contributed by atoms with Gasteiger partial charge in [-0.1, -0.05) is 29.8 Å². The molecule has 0 aliphatic carbocycles. The average Bonchev–Trinajstić information content (AvgIpc) is 3.68. The van der Waals surface area contributed by atoms with Crippen molar-refractivity contribution in [2.24, 2.45) is 9.36 Å². The van der Waals surface area contributed by atoms with Gasteiger partial charge in [0, 0.05) is 46.6 Å². The molecule has 1 N–H and O–H groups in total. The maximum atomic E-state index is 12.1. The Morgan fingerprint density at radius 2 is 1.82 bits per heavy atom. The van der Waals surface area contributed by atoms with Gasteiger partial charge in [0.2, 0.25) is 0 Å². The topological polar surface area (TPSA) is 106 Å². The highest BCUT2D eigenvalue weighted by Gasteiger charge is 2.49. The van der Waals surface area contributed by atoms with E-state index in [1.165, 1.54) is 11.1 Å². The molecular weight excluding hydrogens is 552 g/mol. The Morgan fingerprint density at radius 1 is 1.05 bits per heavy atom. The van der Waals surface area contributed by atoms with Crippen LogP contribution < -0.4 is 4.90 Å². The van der Waals surface area contributed by atoms with Gasteiger partial charge in [0.15, 0.2) is 12.0 Å². The third kappa shape index (κ3) is 4.88. The number of hydrogen-bond donors (Lipinski definition) is 1. The molecule has 4 aliphatic heterocycles. The number of halogens is 1. The van der Waals surface area contributed by atoms with E-state index in [4.69, 9.17) is 30.8 Å². The van der Waals surface area contributed by atoms with Crippen molar-refractivity contribution < 1.29 is 23.5 Å². The normalized spacial score (nSPS) is 25.0. The Kier molecular flexibility index (Phi) is 6.36. The van der Waals surface area contributed by atoms with Crippen LogP contribution in [0, 0.1) is 0 Å². The maximum Gasteiger partial charge on any atom is 0.195 e. The number of aliphatic hydroxyl groups excluding tert-OH is 1. The van der Waals surface area contributed by atoms with Crippen molar-refractivity contribution in [3.05, 3.63) is 70.4 Å². The summed E-state index contributed by atoms with van der Waals surface area (Å²) in [7, 11) is -2.20. The molecule has 0 radical (unpaired) electrons. The van der Waals surface area contributed by atoms with Crippen LogP contribution in [0.15, 0.2) is 57.9 Å². The predicted octanol–water partition coefficient (Wildman–Crippen LogP) is 4.41. The summed E-state index contributed by atoms with van der Waals surface area (Å²) in [6.45, 7) is 2.18. The van der Waals surface area contributed by atoms with Crippen LogP contribution in [0.5, 0.6) is 0 Å². The Balaban J connectivity index is 1.04. The highest BCUT2D eigenvalue weighted by molar-refractivity contribution is 7.92. The number of aliphatic imine (C=N–C) groups is 1. The Bertz CT molecular complexity index is 1640. The van der Waals surface area contributed by atoms with Crippen molar-refractivity contribution in [2.45, 2.75) is 43.9 Å². The van der Waals surface area contributed by atoms with E-state index >= 15 is 0 Å². The summed E-state index contributed by atoms with van der Waals surface area (Å²) >= 11 is 6.66. The zero-order valence-corrected chi connectivity index (χ0v) is 23.7. The summed E-state index contributed by atoms with van der Waals surface area (Å²) in [4.78, 5) is 11.7. The van der Waals surface area contributed by atoms with Crippen molar-refractivity contribution in [1.29, 1.82) is 0 Å². The largest absolute Gasteiger partial charge is 0.472 e. The van der Waals surface area contributed by atoms with Gasteiger partial charge in [0.1, 0.15) is 18.3 Å². The average molecular weight is 581 g/mol. The first-order valence-corrected chi connectivity index (χ1v) is 15.9. The van der Waals surface area contributed by atoms with Gasteiger partial charge in [0.05, 0.1) is 47.4 Å². The van der Waals surface area contributed by atoms with Crippen LogP contribution >= 0.6 is 11.6 Å². The van der Waals surface area contributed by atoms with Gasteiger partial charge in [-0.3, -0.25) is 0 Å². The molecule has 0 saturated carbocycles. The molecule has 3 aromatic rings. The minimum Gasteiger partial charge on any atom is -0.472 e. The summed E-state index contributed by atoms with van der Waals surface area (Å²) in [6, 6.07) is 16.1. The van der Waals surface area contributed by atoms with Gasteiger partial charge in [-0.25, -0.2) is 14.2 Å². The SMILES string of the molecule is CS(C)(=O)=Nc1ccc2c(c1)CN(c1ccc(-c3nc4c(cc3Cl)N=C(O[C@@H]3CO[C@H]5[C@@H]3OC[C@H]5O)C4)cc1)C2. The highest BCUT2D eigenvalue weighted by atomic mass is 35.5. The van der Waals surface area contributed by atoms with Crippen LogP contribution in [-0.2, 0) is 43.4 Å². The van der Waals surface area contributed by atoms with Crippen molar-refractivity contribution in [1.82, 2.24) is 4.98 Å². The molecular formula is C29H29ClN4O5S. The van der Waals surface area contributed by atoms with Crippen molar-refractivity contribution in [3.8, 4) is 11.3 Å². The first kappa shape index (κ1) is 25.9. The first-order valence-electron chi connectivity index (χ1n) is 13.2. The van der Waals surface area contributed by atoms with E-state index in [1.54, 1.807) is 12.5 Å². The number of benzene rings is 2. The molecule has 7 rings (SSSR count). The lowest BCUT2D eigenvalue weighted by atomic mass is 10.1. The van der Waals surface area contributed by atoms with Gasteiger partial charge in [0.25, 0.3) is 0 Å². The van der Waals surface area contributed by atoms with Gasteiger partial charge < -0.3 is 24.2 Å². The molecule has 40 heavy (non-hydrogen) atoms. The molecule has 0 amide bonds. The van der Waals surface area contributed by atoms with E-state index in [0.717, 1.165) is 35.7 Å². The van der Waals surface area contributed by atoms with Gasteiger partial charge in [-0.05, 0) is 41.5 Å². The van der Waals surface area contributed by atoms with Crippen molar-refractivity contribution in [3.63, 3.8) is 0 Å². The fourth-order valence-corrected chi connectivity index (χ4v) is 6.63. The van der Waals surface area contributed by atoms with Gasteiger partial charge in [-0.15, -0.1) is 0 Å². The molecule has 11 heteroatoms. The minimum atomic E-state index is -2.20. The predicted molar refractivity (Wildman–Crippen MR) is 154 cm³/mol. The number of nitrogens with zero attached hydrogens (tertiary/aromatic N) is 4. The smallest absolute Gasteiger partial charge is 0.195 e. The standard InChI is InChI=1S/C29H29ClN4O5S/c1-40(2,36)33-19-6-3-17-12-34(13-18(17)9-19)20-7-4-16(5-8-20)27-21(30)10-22-23(32-27)11-26(31-22)39-25-15-38-28-24(35)14-37-29(25)28/h3-10,24-25,28-29,35H,11-15H2,1-2H3/t24-,25-,28-,29-/m1/s1. The highest BCUT2D eigenvalue weighted by Crippen LogP contribution is 2.38. The molecule has 1 aromatic heterocycles. The molecule has 4 aliphatic rings. The number of ether oxygens (including phenoxy) is 3. The molecule has 0 unspecified atom stereocenters. The lowest BCUT2D eigenvalue weighted by Crippen LogP contribution is -2.34. The third-order valence-electron chi connectivity index (χ3n) is 7.61. The van der Waals surface area contributed by atoms with E-state index in [9.17, 15) is 9.32 Å². The Morgan fingerprint density at radius 3 is 2.62 bits per heavy atom. The molecule has 9 nitrogen and oxygen atoms in total. The van der Waals surface area contributed by atoms with Crippen LogP contribution in [0.3, 0.4) is 0 Å². The van der Waals surface area contributed by atoms with E-state index < -0.39 is 15.8 Å². The zero-order valence-electron chi connectivity index (χ0n) is 22.1. The lowest BCUT2D eigenvalue weighted by molar-refractivity contribution is 0.00558. The molecule has 208 valence electrons. The summed E-state index contributed by atoms with van der Waals surface area (Å²) in [5, 5.41) is 10.5. The number of anilines is 1. The maximum absolute atomic E-state index is 12.1. The monoisotopic (exact) mass is 580 g/mol. The van der Waals surface area contributed by atoms with Gasteiger partial charge >= 0.3 is 0 Å². The molecule has 0 spiro atoms. The van der Waals surface area contributed by atoms with E-state index in [0.29, 0.717) is 35.3 Å². The second kappa shape index (κ2) is 9.81. The molecule has 2 saturated heterocycles. The van der Waals surface area contributed by atoms with Crippen molar-refractivity contribution in [2.75, 3.05) is 30.6 Å². The van der Waals surface area contributed by atoms with Gasteiger partial charge in [-0.2, -0.15) is 4.36 Å². The van der Waals surface area contributed by atoms with E-state index in [-0.39, 0.29) is 24.9 Å². The molecule has 5 heterocycles. The lowest BCUT2D eigenvalue weighted by Gasteiger charge is -2.18. The summed E-state index contributed by atoms with van der Waals surface area (Å²) in [5.41, 5.74) is 7.43. The molecule has 2 fully saturated rings. The van der Waals surface area contributed by atoms with Crippen LogP contribution in [0.4, 0.5) is 17.1 Å². The number of aliphatic hydroxyl groups is 1. The zero-order chi connectivity index (χ0) is 27.6. The number of rotatable bonds is 4. The summed E-state index contributed by atoms with van der Waals surface area (Å²) in [5.74, 6) is 0.551. The van der Waals surface area contributed by atoms with Crippen molar-refractivity contribution >= 4 is 44.3 Å². The Hall–Kier alpha value is -3.02. The molecule has 0 bridgehead atoms. The van der Waals surface area contributed by atoms with Crippen LogP contribution in [0.25, 0.3) is 11.3 Å². The summed E-state index contributed by atoms with van der Waals surface area (Å²) in [6.07, 6.45) is 2.18. The second-order valence-corrected chi connectivity index (χ2v) is 13.9. The Labute approximate surface area is 237 Å². The van der Waals surface area contributed by atoms with Crippen LogP contribution in [0.2, 0.25) is 5.02 Å². The van der Waals surface area contributed by atoms with Crippen LogP contribution in [0.1, 0.15) is 16.8 Å². The fraction of sp³-hybridized carbons (Fsp3) is 0.379. The number of fused-ring (bicyclic) bond motifs is 3. The van der Waals surface area contributed by atoms with Crippen LogP contribution in [-0.4, -0.2) is 70.3 Å². The first-order chi connectivity index (χ1) is 19.2. The number of pyridine rings is 1. The summed E-state index contributed by atoms with van der Waals surface area (Å²) < 4.78 is 33.9. The molecule has 4 atom stereocenters. The molecule has 2 aromatic carbocycles. The quantitative estimate of drug-likeness (QED) is 0.487. The third-order valence-corrected chi connectivity index (χ3v) is 8.55. The van der Waals surface area contributed by atoms with E-state index in [1.807, 2.05) is 30.3 Å². The number of aromatic nitrogens is 1. The fourth-order valence-electron chi connectivity index (χ4n) is 5.76. The minimum absolute atomic E-state index is 0.255. The number of hydrogen-bond acceptors (Lipinski definition) is 9.